The van der Waals surface area contributed by atoms with E-state index in [0.29, 0.717) is 11.7 Å². The van der Waals surface area contributed by atoms with E-state index in [0.717, 1.165) is 44.1 Å². The summed E-state index contributed by atoms with van der Waals surface area (Å²) < 4.78 is 44.4. The summed E-state index contributed by atoms with van der Waals surface area (Å²) in [5, 5.41) is 0. The smallest absolute Gasteiger partial charge is 0.181 e. The number of hydrogen-bond acceptors (Lipinski definition) is 3. The van der Waals surface area contributed by atoms with Crippen LogP contribution in [0.3, 0.4) is 0 Å². The standard InChI is InChI=1S/C17H23FO3S/c1-2-22(19,20)17-10-14(12-8-9-12)16(11-15(17)18)21-13-6-4-3-5-7-13/h10-13H,2-9H2,1H3. The minimum atomic E-state index is -3.54. The molecule has 1 aromatic rings. The average Bonchev–Trinajstić information content (AvgIpc) is 3.33. The Balaban J connectivity index is 1.94. The van der Waals surface area contributed by atoms with Crippen LogP contribution >= 0.6 is 0 Å². The third-order valence-electron chi connectivity index (χ3n) is 4.64. The van der Waals surface area contributed by atoms with Gasteiger partial charge in [-0.25, -0.2) is 12.8 Å². The molecule has 5 heteroatoms. The number of sulfone groups is 1. The van der Waals surface area contributed by atoms with E-state index in [1.54, 1.807) is 0 Å². The van der Waals surface area contributed by atoms with Crippen molar-refractivity contribution in [2.45, 2.75) is 68.8 Å². The van der Waals surface area contributed by atoms with Crippen LogP contribution in [-0.2, 0) is 9.84 Å². The van der Waals surface area contributed by atoms with Crippen molar-refractivity contribution in [3.05, 3.63) is 23.5 Å². The van der Waals surface area contributed by atoms with Crippen molar-refractivity contribution < 1.29 is 17.5 Å². The fourth-order valence-electron chi connectivity index (χ4n) is 3.12. The topological polar surface area (TPSA) is 43.4 Å². The van der Waals surface area contributed by atoms with Crippen molar-refractivity contribution in [3.8, 4) is 5.75 Å². The van der Waals surface area contributed by atoms with Gasteiger partial charge in [-0.3, -0.25) is 0 Å². The van der Waals surface area contributed by atoms with Gasteiger partial charge in [0.1, 0.15) is 16.5 Å². The van der Waals surface area contributed by atoms with Crippen LogP contribution in [0.4, 0.5) is 4.39 Å². The highest BCUT2D eigenvalue weighted by molar-refractivity contribution is 7.91. The van der Waals surface area contributed by atoms with Crippen molar-refractivity contribution in [1.82, 2.24) is 0 Å². The molecule has 0 heterocycles. The molecule has 0 bridgehead atoms. The largest absolute Gasteiger partial charge is 0.490 e. The van der Waals surface area contributed by atoms with Gasteiger partial charge in [-0.1, -0.05) is 13.3 Å². The minimum Gasteiger partial charge on any atom is -0.490 e. The molecule has 0 unspecified atom stereocenters. The molecule has 0 N–H and O–H groups in total. The van der Waals surface area contributed by atoms with Crippen molar-refractivity contribution in [1.29, 1.82) is 0 Å². The molecule has 122 valence electrons. The molecule has 3 rings (SSSR count). The molecule has 3 nitrogen and oxygen atoms in total. The maximum absolute atomic E-state index is 14.3. The van der Waals surface area contributed by atoms with Gasteiger partial charge in [-0.2, -0.15) is 0 Å². The van der Waals surface area contributed by atoms with Gasteiger partial charge in [0.2, 0.25) is 0 Å². The first-order valence-electron chi connectivity index (χ1n) is 8.24. The molecule has 1 aromatic carbocycles. The van der Waals surface area contributed by atoms with Crippen LogP contribution < -0.4 is 4.74 Å². The molecule has 0 saturated heterocycles. The molecular weight excluding hydrogens is 303 g/mol. The van der Waals surface area contributed by atoms with Crippen molar-refractivity contribution in [2.24, 2.45) is 0 Å². The lowest BCUT2D eigenvalue weighted by Gasteiger charge is -2.24. The zero-order valence-electron chi connectivity index (χ0n) is 13.0. The quantitative estimate of drug-likeness (QED) is 0.814. The van der Waals surface area contributed by atoms with E-state index in [-0.39, 0.29) is 16.8 Å². The summed E-state index contributed by atoms with van der Waals surface area (Å²) in [7, 11) is -3.54. The molecule has 22 heavy (non-hydrogen) atoms. The molecule has 2 fully saturated rings. The van der Waals surface area contributed by atoms with Crippen LogP contribution in [0.15, 0.2) is 17.0 Å². The van der Waals surface area contributed by atoms with Crippen molar-refractivity contribution in [2.75, 3.05) is 5.75 Å². The Morgan fingerprint density at radius 1 is 1.14 bits per heavy atom. The fourth-order valence-corrected chi connectivity index (χ4v) is 4.10. The highest BCUT2D eigenvalue weighted by atomic mass is 32.2. The van der Waals surface area contributed by atoms with E-state index in [4.69, 9.17) is 4.74 Å². The maximum Gasteiger partial charge on any atom is 0.181 e. The van der Waals surface area contributed by atoms with Crippen LogP contribution in [0.5, 0.6) is 5.75 Å². The van der Waals surface area contributed by atoms with E-state index >= 15 is 0 Å². The second-order valence-corrected chi connectivity index (χ2v) is 8.62. The van der Waals surface area contributed by atoms with Gasteiger partial charge < -0.3 is 4.74 Å². The van der Waals surface area contributed by atoms with Crippen LogP contribution in [0.25, 0.3) is 0 Å². The van der Waals surface area contributed by atoms with E-state index in [9.17, 15) is 12.8 Å². The summed E-state index contributed by atoms with van der Waals surface area (Å²) in [6, 6.07) is 2.81. The van der Waals surface area contributed by atoms with Crippen molar-refractivity contribution in [3.63, 3.8) is 0 Å². The van der Waals surface area contributed by atoms with Gasteiger partial charge in [0.25, 0.3) is 0 Å². The lowest BCUT2D eigenvalue weighted by Crippen LogP contribution is -2.20. The normalized spacial score (nSPS) is 20.1. The second-order valence-electron chi connectivity index (χ2n) is 6.38. The Labute approximate surface area is 131 Å². The zero-order chi connectivity index (χ0) is 15.7. The highest BCUT2D eigenvalue weighted by Gasteiger charge is 2.31. The Kier molecular flexibility index (Phi) is 4.44. The number of rotatable bonds is 5. The molecule has 0 radical (unpaired) electrons. The Bertz CT molecular complexity index is 644. The second kappa shape index (κ2) is 6.19. The first-order chi connectivity index (χ1) is 10.5. The highest BCUT2D eigenvalue weighted by Crippen LogP contribution is 2.46. The molecule has 0 amide bonds. The van der Waals surface area contributed by atoms with Gasteiger partial charge in [-0.05, 0) is 56.1 Å². The molecule has 0 aromatic heterocycles. The first-order valence-corrected chi connectivity index (χ1v) is 9.89. The van der Waals surface area contributed by atoms with E-state index in [1.807, 2.05) is 0 Å². The lowest BCUT2D eigenvalue weighted by molar-refractivity contribution is 0.153. The zero-order valence-corrected chi connectivity index (χ0v) is 13.8. The third-order valence-corrected chi connectivity index (χ3v) is 6.39. The minimum absolute atomic E-state index is 0.0865. The summed E-state index contributed by atoms with van der Waals surface area (Å²) >= 11 is 0. The monoisotopic (exact) mass is 326 g/mol. The molecule has 2 saturated carbocycles. The van der Waals surface area contributed by atoms with E-state index < -0.39 is 15.7 Å². The number of benzene rings is 1. The van der Waals surface area contributed by atoms with E-state index in [1.165, 1.54) is 25.5 Å². The van der Waals surface area contributed by atoms with Crippen molar-refractivity contribution >= 4 is 9.84 Å². The summed E-state index contributed by atoms with van der Waals surface area (Å²) in [5.41, 5.74) is 0.874. The predicted molar refractivity (Wildman–Crippen MR) is 83.6 cm³/mol. The third kappa shape index (κ3) is 3.29. The molecular formula is C17H23FO3S. The van der Waals surface area contributed by atoms with Gasteiger partial charge in [0, 0.05) is 6.07 Å². The first kappa shape index (κ1) is 15.8. The van der Waals surface area contributed by atoms with Crippen LogP contribution in [0.2, 0.25) is 0 Å². The molecule has 2 aliphatic carbocycles. The molecule has 0 atom stereocenters. The number of ether oxygens (including phenoxy) is 1. The lowest BCUT2D eigenvalue weighted by atomic mass is 9.97. The van der Waals surface area contributed by atoms with Crippen LogP contribution in [0, 0.1) is 5.82 Å². The van der Waals surface area contributed by atoms with Crippen LogP contribution in [-0.4, -0.2) is 20.3 Å². The Hall–Kier alpha value is -1.10. The fraction of sp³-hybridized carbons (Fsp3) is 0.647. The average molecular weight is 326 g/mol. The number of hydrogen-bond donors (Lipinski definition) is 0. The van der Waals surface area contributed by atoms with Gasteiger partial charge in [0.15, 0.2) is 9.84 Å². The maximum atomic E-state index is 14.3. The number of halogens is 1. The SMILES string of the molecule is CCS(=O)(=O)c1cc(C2CC2)c(OC2CCCCC2)cc1F. The molecule has 0 spiro atoms. The Morgan fingerprint density at radius 3 is 2.41 bits per heavy atom. The Morgan fingerprint density at radius 2 is 1.82 bits per heavy atom. The molecule has 0 aliphatic heterocycles. The summed E-state index contributed by atoms with van der Waals surface area (Å²) in [6.45, 7) is 1.54. The summed E-state index contributed by atoms with van der Waals surface area (Å²) in [5.74, 6) is 0.112. The van der Waals surface area contributed by atoms with Gasteiger partial charge in [0.05, 0.1) is 11.9 Å². The summed E-state index contributed by atoms with van der Waals surface area (Å²) in [6.07, 6.45) is 7.72. The van der Waals surface area contributed by atoms with Gasteiger partial charge in [-0.15, -0.1) is 0 Å². The van der Waals surface area contributed by atoms with Gasteiger partial charge >= 0.3 is 0 Å². The predicted octanol–water partition coefficient (Wildman–Crippen LogP) is 4.21. The molecule has 2 aliphatic rings. The summed E-state index contributed by atoms with van der Waals surface area (Å²) in [4.78, 5) is -0.173. The van der Waals surface area contributed by atoms with Crippen LogP contribution in [0.1, 0.15) is 63.4 Å². The van der Waals surface area contributed by atoms with E-state index in [2.05, 4.69) is 0 Å².